The Kier molecular flexibility index (Phi) is 4.41. The highest BCUT2D eigenvalue weighted by Gasteiger charge is 2.13. The van der Waals surface area contributed by atoms with Crippen LogP contribution in [-0.4, -0.2) is 21.7 Å². The van der Waals surface area contributed by atoms with Crippen LogP contribution in [0.25, 0.3) is 21.3 Å². The molecular weight excluding hydrogens is 330 g/mol. The number of nitrogens with one attached hydrogen (secondary N) is 1. The summed E-state index contributed by atoms with van der Waals surface area (Å²) in [7, 11) is 0. The molecule has 4 nitrogen and oxygen atoms in total. The van der Waals surface area contributed by atoms with Gasteiger partial charge in [-0.1, -0.05) is 47.7 Å². The van der Waals surface area contributed by atoms with Crippen LogP contribution in [0.5, 0.6) is 0 Å². The molecule has 2 aromatic heterocycles. The molecule has 0 spiro atoms. The average molecular weight is 347 g/mol. The summed E-state index contributed by atoms with van der Waals surface area (Å²) >= 11 is 1.60. The summed E-state index contributed by atoms with van der Waals surface area (Å²) in [5.41, 5.74) is 4.28. The van der Waals surface area contributed by atoms with Crippen molar-refractivity contribution >= 4 is 26.7 Å². The Morgan fingerprint density at radius 3 is 2.52 bits per heavy atom. The SMILES string of the molecule is OCC(Nc1nc2ccc(-c3ccncc3)cc2s1)c1ccccc1. The van der Waals surface area contributed by atoms with Gasteiger partial charge in [-0.2, -0.15) is 0 Å². The number of rotatable bonds is 5. The van der Waals surface area contributed by atoms with Crippen LogP contribution in [-0.2, 0) is 0 Å². The predicted molar refractivity (Wildman–Crippen MR) is 103 cm³/mol. The van der Waals surface area contributed by atoms with Gasteiger partial charge in [-0.3, -0.25) is 4.98 Å². The lowest BCUT2D eigenvalue weighted by Crippen LogP contribution is -2.14. The van der Waals surface area contributed by atoms with Gasteiger partial charge in [0, 0.05) is 12.4 Å². The van der Waals surface area contributed by atoms with E-state index < -0.39 is 0 Å². The van der Waals surface area contributed by atoms with Crippen molar-refractivity contribution in [3.63, 3.8) is 0 Å². The summed E-state index contributed by atoms with van der Waals surface area (Å²) in [6, 6.07) is 20.0. The maximum atomic E-state index is 9.72. The zero-order valence-corrected chi connectivity index (χ0v) is 14.3. The first kappa shape index (κ1) is 15.7. The van der Waals surface area contributed by atoms with Gasteiger partial charge in [-0.25, -0.2) is 4.98 Å². The molecule has 0 saturated carbocycles. The molecular formula is C20H17N3OS. The number of aliphatic hydroxyl groups is 1. The zero-order valence-electron chi connectivity index (χ0n) is 13.5. The number of nitrogens with zero attached hydrogens (tertiary/aromatic N) is 2. The minimum atomic E-state index is -0.165. The second-order valence-corrected chi connectivity index (χ2v) is 6.76. The van der Waals surface area contributed by atoms with Crippen LogP contribution in [0.2, 0.25) is 0 Å². The number of hydrogen-bond acceptors (Lipinski definition) is 5. The van der Waals surface area contributed by atoms with Gasteiger partial charge in [0.05, 0.1) is 22.9 Å². The van der Waals surface area contributed by atoms with E-state index in [0.29, 0.717) is 0 Å². The fraction of sp³-hybridized carbons (Fsp3) is 0.100. The van der Waals surface area contributed by atoms with Gasteiger partial charge >= 0.3 is 0 Å². The topological polar surface area (TPSA) is 58.0 Å². The summed E-state index contributed by atoms with van der Waals surface area (Å²) < 4.78 is 1.11. The molecule has 0 amide bonds. The maximum absolute atomic E-state index is 9.72. The molecule has 0 aliphatic heterocycles. The van der Waals surface area contributed by atoms with Gasteiger partial charge < -0.3 is 10.4 Å². The van der Waals surface area contributed by atoms with E-state index in [1.807, 2.05) is 48.5 Å². The second-order valence-electron chi connectivity index (χ2n) is 5.73. The number of aliphatic hydroxyl groups excluding tert-OH is 1. The molecule has 2 aromatic carbocycles. The monoisotopic (exact) mass is 347 g/mol. The normalized spacial score (nSPS) is 12.2. The predicted octanol–water partition coefficient (Wildman–Crippen LogP) is 4.50. The Morgan fingerprint density at radius 1 is 0.960 bits per heavy atom. The molecule has 0 aliphatic carbocycles. The molecule has 25 heavy (non-hydrogen) atoms. The molecule has 1 atom stereocenters. The van der Waals surface area contributed by atoms with E-state index >= 15 is 0 Å². The maximum Gasteiger partial charge on any atom is 0.184 e. The van der Waals surface area contributed by atoms with E-state index in [9.17, 15) is 5.11 Å². The molecule has 1 unspecified atom stereocenters. The van der Waals surface area contributed by atoms with E-state index in [4.69, 9.17) is 0 Å². The molecule has 0 bridgehead atoms. The number of aromatic nitrogens is 2. The molecule has 0 radical (unpaired) electrons. The first-order valence-corrected chi connectivity index (χ1v) is 8.88. The van der Waals surface area contributed by atoms with E-state index in [1.54, 1.807) is 23.7 Å². The van der Waals surface area contributed by atoms with Crippen LogP contribution in [0.3, 0.4) is 0 Å². The van der Waals surface area contributed by atoms with Crippen molar-refractivity contribution in [1.82, 2.24) is 9.97 Å². The third-order valence-corrected chi connectivity index (χ3v) is 5.03. The van der Waals surface area contributed by atoms with Crippen molar-refractivity contribution in [3.8, 4) is 11.1 Å². The van der Waals surface area contributed by atoms with Gasteiger partial charge in [0.1, 0.15) is 0 Å². The van der Waals surface area contributed by atoms with E-state index in [2.05, 4.69) is 27.4 Å². The largest absolute Gasteiger partial charge is 0.394 e. The third kappa shape index (κ3) is 3.38. The number of anilines is 1. The van der Waals surface area contributed by atoms with Crippen molar-refractivity contribution in [3.05, 3.63) is 78.6 Å². The summed E-state index contributed by atoms with van der Waals surface area (Å²) in [5.74, 6) is 0. The fourth-order valence-electron chi connectivity index (χ4n) is 2.78. The molecule has 4 rings (SSSR count). The van der Waals surface area contributed by atoms with E-state index in [-0.39, 0.29) is 12.6 Å². The standard InChI is InChI=1S/C20H17N3OS/c24-13-18(15-4-2-1-3-5-15)23-20-22-17-7-6-16(12-19(17)25-20)14-8-10-21-11-9-14/h1-12,18,24H,13H2,(H,22,23). The average Bonchev–Trinajstić information content (AvgIpc) is 3.09. The number of benzene rings is 2. The highest BCUT2D eigenvalue weighted by Crippen LogP contribution is 2.32. The van der Waals surface area contributed by atoms with Gasteiger partial charge in [-0.05, 0) is 41.0 Å². The van der Waals surface area contributed by atoms with Crippen LogP contribution in [0.4, 0.5) is 5.13 Å². The third-order valence-electron chi connectivity index (χ3n) is 4.08. The first-order valence-electron chi connectivity index (χ1n) is 8.07. The lowest BCUT2D eigenvalue weighted by molar-refractivity contribution is 0.276. The van der Waals surface area contributed by atoms with Crippen molar-refractivity contribution < 1.29 is 5.11 Å². The van der Waals surface area contributed by atoms with Gasteiger partial charge in [0.15, 0.2) is 5.13 Å². The summed E-state index contributed by atoms with van der Waals surface area (Å²) in [6.45, 7) is 0.0161. The van der Waals surface area contributed by atoms with Crippen molar-refractivity contribution in [2.45, 2.75) is 6.04 Å². The van der Waals surface area contributed by atoms with Crippen LogP contribution in [0.1, 0.15) is 11.6 Å². The van der Waals surface area contributed by atoms with Crippen molar-refractivity contribution in [1.29, 1.82) is 0 Å². The number of thiazole rings is 1. The van der Waals surface area contributed by atoms with Gasteiger partial charge in [0.25, 0.3) is 0 Å². The minimum Gasteiger partial charge on any atom is -0.394 e. The molecule has 124 valence electrons. The number of hydrogen-bond donors (Lipinski definition) is 2. The van der Waals surface area contributed by atoms with Gasteiger partial charge in [-0.15, -0.1) is 0 Å². The zero-order chi connectivity index (χ0) is 17.1. The van der Waals surface area contributed by atoms with Crippen LogP contribution < -0.4 is 5.32 Å². The fourth-order valence-corrected chi connectivity index (χ4v) is 3.74. The Hall–Kier alpha value is -2.76. The Balaban J connectivity index is 1.63. The van der Waals surface area contributed by atoms with E-state index in [1.165, 1.54) is 0 Å². The van der Waals surface area contributed by atoms with E-state index in [0.717, 1.165) is 32.0 Å². The second kappa shape index (κ2) is 7.01. The van der Waals surface area contributed by atoms with Crippen LogP contribution >= 0.6 is 11.3 Å². The number of fused-ring (bicyclic) bond motifs is 1. The summed E-state index contributed by atoms with van der Waals surface area (Å²) in [4.78, 5) is 8.71. The Bertz CT molecular complexity index is 970. The van der Waals surface area contributed by atoms with Crippen LogP contribution in [0.15, 0.2) is 73.1 Å². The molecule has 5 heteroatoms. The quantitative estimate of drug-likeness (QED) is 0.558. The molecule has 0 aliphatic rings. The summed E-state index contributed by atoms with van der Waals surface area (Å²) in [6.07, 6.45) is 3.59. The molecule has 2 N–H and O–H groups in total. The van der Waals surface area contributed by atoms with Gasteiger partial charge in [0.2, 0.25) is 0 Å². The smallest absolute Gasteiger partial charge is 0.184 e. The van der Waals surface area contributed by atoms with Crippen molar-refractivity contribution in [2.75, 3.05) is 11.9 Å². The first-order chi connectivity index (χ1) is 12.3. The molecule has 0 saturated heterocycles. The molecule has 0 fully saturated rings. The minimum absolute atomic E-state index is 0.0161. The highest BCUT2D eigenvalue weighted by molar-refractivity contribution is 7.22. The molecule has 2 heterocycles. The van der Waals surface area contributed by atoms with Crippen molar-refractivity contribution in [2.24, 2.45) is 0 Å². The Labute approximate surface area is 149 Å². The molecule has 4 aromatic rings. The highest BCUT2D eigenvalue weighted by atomic mass is 32.1. The lowest BCUT2D eigenvalue weighted by atomic mass is 10.1. The number of pyridine rings is 1. The Morgan fingerprint density at radius 2 is 1.76 bits per heavy atom. The lowest BCUT2D eigenvalue weighted by Gasteiger charge is -2.15. The van der Waals surface area contributed by atoms with Crippen LogP contribution in [0, 0.1) is 0 Å². The summed E-state index contributed by atoms with van der Waals surface area (Å²) in [5, 5.41) is 13.9.